The monoisotopic (exact) mass is 507 g/mol. The third kappa shape index (κ3) is 8.10. The zero-order valence-corrected chi connectivity index (χ0v) is 22.5. The molecular weight excluding hydrogens is 466 g/mol. The molecule has 0 radical (unpaired) electrons. The van der Waals surface area contributed by atoms with Crippen molar-refractivity contribution in [2.24, 2.45) is 5.73 Å². The standard InChI is InChI=1S/C30H41N3O4/c1-6-8-22-9-10-26(27(20-22)37-30(3,4)5)36-16-12-32-21(2)17-23-18-24-11-14-33(13-7-15-34)28(24)25(19-23)29(31)35/h6,9-11,14,18-21,32,34H,1,7-8,12-13,15-17H2,2-5H3,(H2,31,35)/t21-/m1/s1. The van der Waals surface area contributed by atoms with Gasteiger partial charge < -0.3 is 30.2 Å². The Balaban J connectivity index is 1.61. The number of aryl methyl sites for hydroxylation is 1. The van der Waals surface area contributed by atoms with Gasteiger partial charge in [-0.1, -0.05) is 12.1 Å². The van der Waals surface area contributed by atoms with Crippen molar-refractivity contribution in [1.82, 2.24) is 9.88 Å². The van der Waals surface area contributed by atoms with Crippen LogP contribution >= 0.6 is 0 Å². The third-order valence-electron chi connectivity index (χ3n) is 5.94. The topological polar surface area (TPSA) is 98.7 Å². The minimum atomic E-state index is -0.447. The van der Waals surface area contributed by atoms with Gasteiger partial charge in [0.1, 0.15) is 12.2 Å². The van der Waals surface area contributed by atoms with E-state index >= 15 is 0 Å². The predicted octanol–water partition coefficient (Wildman–Crippen LogP) is 4.63. The number of aromatic nitrogens is 1. The summed E-state index contributed by atoms with van der Waals surface area (Å²) in [5, 5.41) is 13.7. The molecule has 3 rings (SSSR count). The number of allylic oxidation sites excluding steroid dienone is 1. The van der Waals surface area contributed by atoms with Crippen LogP contribution in [0.2, 0.25) is 0 Å². The fourth-order valence-corrected chi connectivity index (χ4v) is 4.41. The average molecular weight is 508 g/mol. The SMILES string of the molecule is C=CCc1ccc(OCCN[C@H](C)Cc2cc(C(N)=O)c3c(ccn3CCCO)c2)c(OC(C)(C)C)c1. The highest BCUT2D eigenvalue weighted by Gasteiger charge is 2.17. The van der Waals surface area contributed by atoms with Crippen LogP contribution in [0.5, 0.6) is 11.5 Å². The third-order valence-corrected chi connectivity index (χ3v) is 5.94. The number of amides is 1. The van der Waals surface area contributed by atoms with Crippen molar-refractivity contribution >= 4 is 16.8 Å². The molecule has 0 saturated carbocycles. The molecule has 2 aromatic carbocycles. The van der Waals surface area contributed by atoms with Gasteiger partial charge in [-0.05, 0) is 88.4 Å². The second kappa shape index (κ2) is 12.8. The van der Waals surface area contributed by atoms with Gasteiger partial charge in [0.15, 0.2) is 11.5 Å². The Morgan fingerprint density at radius 3 is 2.65 bits per heavy atom. The van der Waals surface area contributed by atoms with Gasteiger partial charge in [0.2, 0.25) is 0 Å². The number of rotatable bonds is 14. The number of carbonyl (C=O) groups is 1. The lowest BCUT2D eigenvalue weighted by molar-refractivity contribution is 0.100. The predicted molar refractivity (Wildman–Crippen MR) is 150 cm³/mol. The fourth-order valence-electron chi connectivity index (χ4n) is 4.41. The molecule has 7 heteroatoms. The second-order valence-corrected chi connectivity index (χ2v) is 10.4. The number of carbonyl (C=O) groups excluding carboxylic acids is 1. The molecule has 0 aliphatic rings. The number of primary amides is 1. The summed E-state index contributed by atoms with van der Waals surface area (Å²) in [7, 11) is 0. The van der Waals surface area contributed by atoms with Crippen molar-refractivity contribution in [2.45, 2.75) is 65.1 Å². The molecule has 0 saturated heterocycles. The summed E-state index contributed by atoms with van der Waals surface area (Å²) in [5.41, 5.74) is 8.89. The van der Waals surface area contributed by atoms with E-state index in [0.29, 0.717) is 31.7 Å². The zero-order chi connectivity index (χ0) is 27.0. The van der Waals surface area contributed by atoms with E-state index in [0.717, 1.165) is 46.4 Å². The normalized spacial score (nSPS) is 12.5. The van der Waals surface area contributed by atoms with Gasteiger partial charge in [-0.2, -0.15) is 0 Å². The van der Waals surface area contributed by atoms with E-state index in [9.17, 15) is 9.90 Å². The van der Waals surface area contributed by atoms with E-state index in [2.05, 4.69) is 24.9 Å². The second-order valence-electron chi connectivity index (χ2n) is 10.4. The molecule has 0 spiro atoms. The Kier molecular flexibility index (Phi) is 9.78. The maximum absolute atomic E-state index is 12.2. The Bertz CT molecular complexity index is 1210. The highest BCUT2D eigenvalue weighted by Crippen LogP contribution is 2.32. The molecule has 37 heavy (non-hydrogen) atoms. The van der Waals surface area contributed by atoms with E-state index in [1.807, 2.05) is 67.9 Å². The van der Waals surface area contributed by atoms with Crippen molar-refractivity contribution in [1.29, 1.82) is 0 Å². The molecule has 1 aromatic heterocycles. The van der Waals surface area contributed by atoms with Crippen molar-refractivity contribution in [3.63, 3.8) is 0 Å². The van der Waals surface area contributed by atoms with Gasteiger partial charge in [-0.15, -0.1) is 6.58 Å². The maximum Gasteiger partial charge on any atom is 0.250 e. The summed E-state index contributed by atoms with van der Waals surface area (Å²) in [6, 6.07) is 12.2. The van der Waals surface area contributed by atoms with Crippen molar-refractivity contribution in [3.05, 3.63) is 71.9 Å². The fraction of sp³-hybridized carbons (Fsp3) is 0.433. The van der Waals surface area contributed by atoms with Crippen LogP contribution in [0.15, 0.2) is 55.3 Å². The molecule has 0 fully saturated rings. The minimum absolute atomic E-state index is 0.0993. The van der Waals surface area contributed by atoms with E-state index in [1.54, 1.807) is 0 Å². The van der Waals surface area contributed by atoms with Crippen LogP contribution in [0.1, 0.15) is 55.6 Å². The van der Waals surface area contributed by atoms with Gasteiger partial charge in [0, 0.05) is 37.3 Å². The maximum atomic E-state index is 12.2. The summed E-state index contributed by atoms with van der Waals surface area (Å²) in [6.45, 7) is 13.9. The lowest BCUT2D eigenvalue weighted by Gasteiger charge is -2.24. The highest BCUT2D eigenvalue weighted by molar-refractivity contribution is 6.05. The Hall–Kier alpha value is -3.29. The van der Waals surface area contributed by atoms with Crippen LogP contribution in [0.3, 0.4) is 0 Å². The molecule has 0 unspecified atom stereocenters. The lowest BCUT2D eigenvalue weighted by atomic mass is 10.0. The van der Waals surface area contributed by atoms with Crippen LogP contribution in [0.25, 0.3) is 10.9 Å². The van der Waals surface area contributed by atoms with Gasteiger partial charge >= 0.3 is 0 Å². The molecular formula is C30H41N3O4. The molecule has 0 aliphatic heterocycles. The minimum Gasteiger partial charge on any atom is -0.488 e. The average Bonchev–Trinajstić information content (AvgIpc) is 3.23. The molecule has 0 bridgehead atoms. The molecule has 200 valence electrons. The van der Waals surface area contributed by atoms with Crippen LogP contribution < -0.4 is 20.5 Å². The molecule has 1 heterocycles. The smallest absolute Gasteiger partial charge is 0.250 e. The van der Waals surface area contributed by atoms with E-state index < -0.39 is 5.91 Å². The lowest BCUT2D eigenvalue weighted by Crippen LogP contribution is -2.32. The number of aliphatic hydroxyl groups excluding tert-OH is 1. The first kappa shape index (κ1) is 28.3. The highest BCUT2D eigenvalue weighted by atomic mass is 16.5. The molecule has 1 atom stereocenters. The number of fused-ring (bicyclic) bond motifs is 1. The number of nitrogens with one attached hydrogen (secondary N) is 1. The van der Waals surface area contributed by atoms with Crippen LogP contribution in [-0.4, -0.2) is 47.0 Å². The van der Waals surface area contributed by atoms with E-state index in [1.165, 1.54) is 0 Å². The number of nitrogens with two attached hydrogens (primary N) is 1. The summed E-state index contributed by atoms with van der Waals surface area (Å²) in [4.78, 5) is 12.2. The number of hydrogen-bond donors (Lipinski definition) is 3. The zero-order valence-electron chi connectivity index (χ0n) is 22.5. The van der Waals surface area contributed by atoms with Crippen molar-refractivity contribution < 1.29 is 19.4 Å². The molecule has 4 N–H and O–H groups in total. The Morgan fingerprint density at radius 2 is 1.97 bits per heavy atom. The van der Waals surface area contributed by atoms with Gasteiger partial charge in [0.25, 0.3) is 5.91 Å². The quantitative estimate of drug-likeness (QED) is 0.218. The molecule has 7 nitrogen and oxygen atoms in total. The van der Waals surface area contributed by atoms with Crippen LogP contribution in [0, 0.1) is 0 Å². The first-order valence-corrected chi connectivity index (χ1v) is 12.9. The molecule has 0 aliphatic carbocycles. The largest absolute Gasteiger partial charge is 0.488 e. The number of benzene rings is 2. The first-order chi connectivity index (χ1) is 17.6. The van der Waals surface area contributed by atoms with Crippen molar-refractivity contribution in [3.8, 4) is 11.5 Å². The van der Waals surface area contributed by atoms with Crippen molar-refractivity contribution in [2.75, 3.05) is 19.8 Å². The number of nitrogens with zero attached hydrogens (tertiary/aromatic N) is 1. The number of aliphatic hydroxyl groups is 1. The molecule has 3 aromatic rings. The molecule has 1 amide bonds. The summed E-state index contributed by atoms with van der Waals surface area (Å²) < 4.78 is 14.2. The van der Waals surface area contributed by atoms with Gasteiger partial charge in [-0.3, -0.25) is 4.79 Å². The summed E-state index contributed by atoms with van der Waals surface area (Å²) in [5.74, 6) is 1.01. The van der Waals surface area contributed by atoms with E-state index in [-0.39, 0.29) is 18.2 Å². The van der Waals surface area contributed by atoms with Crippen LogP contribution in [-0.2, 0) is 19.4 Å². The summed E-state index contributed by atoms with van der Waals surface area (Å²) >= 11 is 0. The number of ether oxygens (including phenoxy) is 2. The first-order valence-electron chi connectivity index (χ1n) is 12.9. The van der Waals surface area contributed by atoms with Crippen LogP contribution in [0.4, 0.5) is 0 Å². The Morgan fingerprint density at radius 1 is 1.19 bits per heavy atom. The Labute approximate surface area is 220 Å². The van der Waals surface area contributed by atoms with Gasteiger partial charge in [-0.25, -0.2) is 0 Å². The van der Waals surface area contributed by atoms with E-state index in [4.69, 9.17) is 15.2 Å². The summed E-state index contributed by atoms with van der Waals surface area (Å²) in [6.07, 6.45) is 5.95. The number of hydrogen-bond acceptors (Lipinski definition) is 5. The van der Waals surface area contributed by atoms with Gasteiger partial charge in [0.05, 0.1) is 11.1 Å².